The van der Waals surface area contributed by atoms with Gasteiger partial charge < -0.3 is 9.88 Å². The molecule has 4 rings (SSSR count). The third-order valence-corrected chi connectivity index (χ3v) is 4.90. The van der Waals surface area contributed by atoms with Crippen molar-refractivity contribution >= 4 is 16.6 Å². The SMILES string of the molecule is Cn1cc(CCc2c[nH]c3cccc(N4CCCCC4)c23)cn1. The Bertz CT molecular complexity index is 793. The summed E-state index contributed by atoms with van der Waals surface area (Å²) < 4.78 is 1.88. The van der Waals surface area contributed by atoms with E-state index in [9.17, 15) is 0 Å². The van der Waals surface area contributed by atoms with Crippen molar-refractivity contribution in [3.05, 3.63) is 47.9 Å². The van der Waals surface area contributed by atoms with E-state index >= 15 is 0 Å². The van der Waals surface area contributed by atoms with Crippen LogP contribution in [-0.4, -0.2) is 27.9 Å². The Morgan fingerprint density at radius 1 is 1.13 bits per heavy atom. The van der Waals surface area contributed by atoms with E-state index in [1.54, 1.807) is 0 Å². The summed E-state index contributed by atoms with van der Waals surface area (Å²) in [5, 5.41) is 5.69. The van der Waals surface area contributed by atoms with Crippen LogP contribution in [0.25, 0.3) is 10.9 Å². The normalized spacial score (nSPS) is 15.4. The first-order chi connectivity index (χ1) is 11.3. The molecule has 1 aromatic carbocycles. The van der Waals surface area contributed by atoms with Crippen molar-refractivity contribution in [3.63, 3.8) is 0 Å². The molecule has 23 heavy (non-hydrogen) atoms. The number of piperidine rings is 1. The summed E-state index contributed by atoms with van der Waals surface area (Å²) in [5.41, 5.74) is 5.39. The molecule has 1 saturated heterocycles. The van der Waals surface area contributed by atoms with Gasteiger partial charge in [-0.15, -0.1) is 0 Å². The summed E-state index contributed by atoms with van der Waals surface area (Å²) in [6.07, 6.45) is 12.4. The topological polar surface area (TPSA) is 36.9 Å². The highest BCUT2D eigenvalue weighted by molar-refractivity contribution is 5.95. The van der Waals surface area contributed by atoms with Crippen molar-refractivity contribution in [2.45, 2.75) is 32.1 Å². The first kappa shape index (κ1) is 14.4. The second-order valence-corrected chi connectivity index (χ2v) is 6.58. The van der Waals surface area contributed by atoms with Gasteiger partial charge in [-0.05, 0) is 55.4 Å². The lowest BCUT2D eigenvalue weighted by atomic mass is 10.0. The van der Waals surface area contributed by atoms with Crippen molar-refractivity contribution in [2.24, 2.45) is 7.05 Å². The fourth-order valence-corrected chi connectivity index (χ4v) is 3.71. The number of aromatic amines is 1. The number of aryl methyl sites for hydroxylation is 3. The minimum atomic E-state index is 1.04. The number of nitrogens with zero attached hydrogens (tertiary/aromatic N) is 3. The molecule has 3 heterocycles. The largest absolute Gasteiger partial charge is 0.371 e. The third kappa shape index (κ3) is 2.85. The minimum Gasteiger partial charge on any atom is -0.371 e. The van der Waals surface area contributed by atoms with E-state index in [0.29, 0.717) is 0 Å². The summed E-state index contributed by atoms with van der Waals surface area (Å²) in [6.45, 7) is 2.37. The summed E-state index contributed by atoms with van der Waals surface area (Å²) in [6, 6.07) is 6.65. The lowest BCUT2D eigenvalue weighted by Gasteiger charge is -2.29. The van der Waals surface area contributed by atoms with Gasteiger partial charge in [0.2, 0.25) is 0 Å². The fourth-order valence-electron chi connectivity index (χ4n) is 3.71. The van der Waals surface area contributed by atoms with Crippen LogP contribution in [0.2, 0.25) is 0 Å². The lowest BCUT2D eigenvalue weighted by molar-refractivity contribution is 0.579. The Balaban J connectivity index is 1.64. The zero-order valence-electron chi connectivity index (χ0n) is 13.8. The standard InChI is InChI=1S/C19H24N4/c1-22-14-15(12-21-22)8-9-16-13-20-17-6-5-7-18(19(16)17)23-10-3-2-4-11-23/h5-7,12-14,20H,2-4,8-11H2,1H3. The number of H-pyrrole nitrogens is 1. The maximum Gasteiger partial charge on any atom is 0.0521 e. The molecule has 0 bridgehead atoms. The molecule has 0 spiro atoms. The smallest absolute Gasteiger partial charge is 0.0521 e. The fraction of sp³-hybridized carbons (Fsp3) is 0.421. The van der Waals surface area contributed by atoms with Gasteiger partial charge in [0.25, 0.3) is 0 Å². The van der Waals surface area contributed by atoms with Crippen LogP contribution in [0.15, 0.2) is 36.8 Å². The molecular weight excluding hydrogens is 284 g/mol. The maximum atomic E-state index is 4.27. The molecule has 4 nitrogen and oxygen atoms in total. The van der Waals surface area contributed by atoms with Crippen molar-refractivity contribution in [3.8, 4) is 0 Å². The molecule has 0 saturated carbocycles. The third-order valence-electron chi connectivity index (χ3n) is 4.90. The summed E-state index contributed by atoms with van der Waals surface area (Å²) >= 11 is 0. The van der Waals surface area contributed by atoms with Crippen LogP contribution in [0.5, 0.6) is 0 Å². The zero-order valence-corrected chi connectivity index (χ0v) is 13.8. The van der Waals surface area contributed by atoms with E-state index < -0.39 is 0 Å². The molecule has 0 amide bonds. The quantitative estimate of drug-likeness (QED) is 0.798. The Hall–Kier alpha value is -2.23. The average molecular weight is 308 g/mol. The molecule has 3 aromatic rings. The van der Waals surface area contributed by atoms with Gasteiger partial charge >= 0.3 is 0 Å². The van der Waals surface area contributed by atoms with Gasteiger partial charge in [0.15, 0.2) is 0 Å². The summed E-state index contributed by atoms with van der Waals surface area (Å²) in [7, 11) is 1.98. The predicted molar refractivity (Wildman–Crippen MR) is 95.0 cm³/mol. The highest BCUT2D eigenvalue weighted by Gasteiger charge is 2.16. The summed E-state index contributed by atoms with van der Waals surface area (Å²) in [4.78, 5) is 6.02. The molecular formula is C19H24N4. The molecule has 0 atom stereocenters. The Morgan fingerprint density at radius 3 is 2.78 bits per heavy atom. The first-order valence-electron chi connectivity index (χ1n) is 8.63. The number of nitrogens with one attached hydrogen (secondary N) is 1. The monoisotopic (exact) mass is 308 g/mol. The second kappa shape index (κ2) is 6.11. The minimum absolute atomic E-state index is 1.04. The van der Waals surface area contributed by atoms with Crippen LogP contribution < -0.4 is 4.90 Å². The molecule has 0 unspecified atom stereocenters. The van der Waals surface area contributed by atoms with Gasteiger partial charge in [0, 0.05) is 49.1 Å². The number of anilines is 1. The highest BCUT2D eigenvalue weighted by atomic mass is 15.2. The van der Waals surface area contributed by atoms with E-state index in [-0.39, 0.29) is 0 Å². The highest BCUT2D eigenvalue weighted by Crippen LogP contribution is 2.32. The van der Waals surface area contributed by atoms with Crippen molar-refractivity contribution in [2.75, 3.05) is 18.0 Å². The van der Waals surface area contributed by atoms with Crippen LogP contribution in [-0.2, 0) is 19.9 Å². The Kier molecular flexibility index (Phi) is 3.82. The number of hydrogen-bond donors (Lipinski definition) is 1. The predicted octanol–water partition coefficient (Wildman–Crippen LogP) is 3.68. The van der Waals surface area contributed by atoms with E-state index in [4.69, 9.17) is 0 Å². The average Bonchev–Trinajstić information content (AvgIpc) is 3.19. The molecule has 4 heteroatoms. The van der Waals surface area contributed by atoms with E-state index in [1.165, 1.54) is 60.1 Å². The van der Waals surface area contributed by atoms with Crippen molar-refractivity contribution in [1.29, 1.82) is 0 Å². The molecule has 1 aliphatic heterocycles. The molecule has 2 aromatic heterocycles. The van der Waals surface area contributed by atoms with Gasteiger partial charge in [-0.2, -0.15) is 5.10 Å². The van der Waals surface area contributed by atoms with E-state index in [0.717, 1.165) is 12.8 Å². The first-order valence-corrected chi connectivity index (χ1v) is 8.63. The van der Waals surface area contributed by atoms with E-state index in [1.807, 2.05) is 17.9 Å². The Labute approximate surface area is 137 Å². The molecule has 120 valence electrons. The molecule has 1 aliphatic rings. The van der Waals surface area contributed by atoms with Crippen LogP contribution in [0, 0.1) is 0 Å². The zero-order chi connectivity index (χ0) is 15.6. The van der Waals surface area contributed by atoms with Crippen LogP contribution in [0.4, 0.5) is 5.69 Å². The Morgan fingerprint density at radius 2 is 2.00 bits per heavy atom. The van der Waals surface area contributed by atoms with Crippen molar-refractivity contribution < 1.29 is 0 Å². The van der Waals surface area contributed by atoms with Gasteiger partial charge in [0.1, 0.15) is 0 Å². The van der Waals surface area contributed by atoms with Crippen LogP contribution >= 0.6 is 0 Å². The van der Waals surface area contributed by atoms with E-state index in [2.05, 4.69) is 45.6 Å². The lowest BCUT2D eigenvalue weighted by Crippen LogP contribution is -2.29. The molecule has 0 aliphatic carbocycles. The number of hydrogen-bond acceptors (Lipinski definition) is 2. The van der Waals surface area contributed by atoms with Crippen LogP contribution in [0.3, 0.4) is 0 Å². The van der Waals surface area contributed by atoms with Gasteiger partial charge in [-0.1, -0.05) is 6.07 Å². The second-order valence-electron chi connectivity index (χ2n) is 6.58. The number of aromatic nitrogens is 3. The number of rotatable bonds is 4. The molecule has 1 N–H and O–H groups in total. The van der Waals surface area contributed by atoms with Gasteiger partial charge in [-0.25, -0.2) is 0 Å². The van der Waals surface area contributed by atoms with Gasteiger partial charge in [0.05, 0.1) is 6.20 Å². The number of benzene rings is 1. The molecule has 0 radical (unpaired) electrons. The van der Waals surface area contributed by atoms with Gasteiger partial charge in [-0.3, -0.25) is 4.68 Å². The maximum absolute atomic E-state index is 4.27. The molecule has 1 fully saturated rings. The number of fused-ring (bicyclic) bond motifs is 1. The van der Waals surface area contributed by atoms with Crippen LogP contribution in [0.1, 0.15) is 30.4 Å². The van der Waals surface area contributed by atoms with Crippen molar-refractivity contribution in [1.82, 2.24) is 14.8 Å². The summed E-state index contributed by atoms with van der Waals surface area (Å²) in [5.74, 6) is 0.